The third kappa shape index (κ3) is 5.07. The Morgan fingerprint density at radius 3 is 1.45 bits per heavy atom. The van der Waals surface area contributed by atoms with Crippen LogP contribution < -0.4 is 15.9 Å². The van der Waals surface area contributed by atoms with E-state index < -0.39 is 28.6 Å². The first kappa shape index (κ1) is 29.4. The van der Waals surface area contributed by atoms with Crippen LogP contribution in [0.4, 0.5) is 0 Å². The van der Waals surface area contributed by atoms with Crippen molar-refractivity contribution < 1.29 is 21.9 Å². The molecule has 0 saturated carbocycles. The van der Waals surface area contributed by atoms with Crippen molar-refractivity contribution in [2.45, 2.75) is 23.9 Å². The van der Waals surface area contributed by atoms with Gasteiger partial charge in [-0.15, -0.1) is 0 Å². The predicted octanol–water partition coefficient (Wildman–Crippen LogP) is 5.93. The van der Waals surface area contributed by atoms with Crippen LogP contribution in [0.25, 0.3) is 0 Å². The summed E-state index contributed by atoms with van der Waals surface area (Å²) in [7, 11) is -3.13. The van der Waals surface area contributed by atoms with Crippen LogP contribution in [0.5, 0.6) is 0 Å². The van der Waals surface area contributed by atoms with Gasteiger partial charge in [-0.3, -0.25) is 0 Å². The molecular formula is C35H33O5PS. The maximum absolute atomic E-state index is 14.6. The van der Waals surface area contributed by atoms with Gasteiger partial charge in [-0.2, -0.15) is 0 Å². The SMILES string of the molecule is COC(=O)C(Cc1ccccc1)P(OS(=O)(=O)c1ccc(C)cc1)(c1ccccc1)(c1ccccc1)c1ccccc1. The van der Waals surface area contributed by atoms with E-state index in [1.54, 1.807) is 24.3 Å². The summed E-state index contributed by atoms with van der Waals surface area (Å²) in [5.74, 6) is -0.563. The number of carbonyl (C=O) groups is 1. The first-order valence-electron chi connectivity index (χ1n) is 13.6. The minimum atomic E-state index is -4.81. The number of methoxy groups -OCH3 is 1. The van der Waals surface area contributed by atoms with Gasteiger partial charge in [0.2, 0.25) is 0 Å². The molecule has 5 aromatic carbocycles. The summed E-state index contributed by atoms with van der Waals surface area (Å²) >= 11 is 0. The van der Waals surface area contributed by atoms with Gasteiger partial charge in [-0.1, -0.05) is 0 Å². The van der Waals surface area contributed by atoms with Crippen LogP contribution in [0.1, 0.15) is 11.1 Å². The quantitative estimate of drug-likeness (QED) is 0.148. The monoisotopic (exact) mass is 596 g/mol. The van der Waals surface area contributed by atoms with Crippen molar-refractivity contribution in [2.75, 3.05) is 7.11 Å². The molecule has 5 rings (SSSR count). The van der Waals surface area contributed by atoms with E-state index in [0.717, 1.165) is 11.1 Å². The van der Waals surface area contributed by atoms with Crippen LogP contribution in [0.3, 0.4) is 0 Å². The van der Waals surface area contributed by atoms with Gasteiger partial charge in [0.05, 0.1) is 0 Å². The fourth-order valence-electron chi connectivity index (χ4n) is 5.72. The Hall–Kier alpha value is -4.09. The van der Waals surface area contributed by atoms with E-state index >= 15 is 0 Å². The molecule has 0 heterocycles. The first-order chi connectivity index (χ1) is 20.3. The Labute approximate surface area is 247 Å². The van der Waals surface area contributed by atoms with Crippen molar-refractivity contribution in [1.29, 1.82) is 0 Å². The van der Waals surface area contributed by atoms with Crippen molar-refractivity contribution in [3.8, 4) is 0 Å². The van der Waals surface area contributed by atoms with Gasteiger partial charge in [-0.05, 0) is 0 Å². The summed E-state index contributed by atoms with van der Waals surface area (Å²) in [5.41, 5.74) is 0.703. The number of aryl methyl sites for hydroxylation is 1. The Morgan fingerprint density at radius 1 is 0.643 bits per heavy atom. The first-order valence-corrected chi connectivity index (χ1v) is 17.3. The number of esters is 1. The average Bonchev–Trinajstić information content (AvgIpc) is 3.04. The summed E-state index contributed by atoms with van der Waals surface area (Å²) in [5, 5.41) is 1.80. The fourth-order valence-corrected chi connectivity index (χ4v) is 15.0. The van der Waals surface area contributed by atoms with Crippen molar-refractivity contribution >= 4 is 38.8 Å². The molecule has 0 N–H and O–H groups in total. The van der Waals surface area contributed by atoms with Crippen LogP contribution in [-0.2, 0) is 30.0 Å². The Kier molecular flexibility index (Phi) is 8.42. The van der Waals surface area contributed by atoms with Gasteiger partial charge >= 0.3 is 248 Å². The van der Waals surface area contributed by atoms with Crippen molar-refractivity contribution in [1.82, 2.24) is 0 Å². The van der Waals surface area contributed by atoms with Crippen molar-refractivity contribution in [3.63, 3.8) is 0 Å². The van der Waals surface area contributed by atoms with Crippen LogP contribution in [0, 0.1) is 6.92 Å². The van der Waals surface area contributed by atoms with Crippen LogP contribution in [0.15, 0.2) is 150 Å². The normalized spacial score (nSPS) is 13.4. The summed E-state index contributed by atoms with van der Waals surface area (Å²) in [6, 6.07) is 44.0. The summed E-state index contributed by atoms with van der Waals surface area (Å²) in [6.45, 7) is -2.92. The fraction of sp³-hybridized carbons (Fsp3) is 0.114. The minimum absolute atomic E-state index is 0.00761. The van der Waals surface area contributed by atoms with Gasteiger partial charge in [0.25, 0.3) is 0 Å². The molecule has 0 saturated heterocycles. The van der Waals surface area contributed by atoms with Crippen LogP contribution in [-0.4, -0.2) is 27.2 Å². The topological polar surface area (TPSA) is 69.7 Å². The third-order valence-corrected chi connectivity index (χ3v) is 16.1. The van der Waals surface area contributed by atoms with E-state index in [1.165, 1.54) is 7.11 Å². The van der Waals surface area contributed by atoms with Gasteiger partial charge in [0.15, 0.2) is 0 Å². The van der Waals surface area contributed by atoms with E-state index in [9.17, 15) is 13.2 Å². The molecule has 0 aliphatic rings. The predicted molar refractivity (Wildman–Crippen MR) is 171 cm³/mol. The number of hydrogen-bond donors (Lipinski definition) is 0. The van der Waals surface area contributed by atoms with Gasteiger partial charge < -0.3 is 0 Å². The summed E-state index contributed by atoms with van der Waals surface area (Å²) in [4.78, 5) is 14.3. The zero-order valence-corrected chi connectivity index (χ0v) is 25.2. The molecule has 0 aliphatic carbocycles. The number of carbonyl (C=O) groups excluding carboxylic acids is 1. The van der Waals surface area contributed by atoms with Crippen LogP contribution in [0.2, 0.25) is 0 Å². The number of hydrogen-bond acceptors (Lipinski definition) is 5. The second-order valence-corrected chi connectivity index (χ2v) is 16.5. The van der Waals surface area contributed by atoms with E-state index in [1.807, 2.05) is 128 Å². The van der Waals surface area contributed by atoms with Gasteiger partial charge in [-0.25, -0.2) is 0 Å². The van der Waals surface area contributed by atoms with E-state index in [2.05, 4.69) is 0 Å². The molecule has 0 bridgehead atoms. The molecule has 0 fully saturated rings. The molecule has 7 heteroatoms. The number of ether oxygens (including phenoxy) is 1. The second kappa shape index (κ2) is 12.0. The summed E-state index contributed by atoms with van der Waals surface area (Å²) in [6.07, 6.45) is 0.174. The van der Waals surface area contributed by atoms with Crippen molar-refractivity contribution in [2.24, 2.45) is 0 Å². The van der Waals surface area contributed by atoms with E-state index in [-0.39, 0.29) is 11.3 Å². The maximum atomic E-state index is 14.6. The average molecular weight is 597 g/mol. The molecule has 0 aliphatic heterocycles. The zero-order chi connectivity index (χ0) is 29.7. The molecular weight excluding hydrogens is 563 g/mol. The van der Waals surface area contributed by atoms with Gasteiger partial charge in [0, 0.05) is 0 Å². The molecule has 5 nitrogen and oxygen atoms in total. The van der Waals surface area contributed by atoms with Crippen LogP contribution >= 0.6 is 6.83 Å². The van der Waals surface area contributed by atoms with Gasteiger partial charge in [0.1, 0.15) is 0 Å². The molecule has 1 atom stereocenters. The molecule has 214 valence electrons. The Bertz CT molecular complexity index is 1640. The Morgan fingerprint density at radius 2 is 1.05 bits per heavy atom. The molecule has 0 amide bonds. The molecule has 0 spiro atoms. The summed E-state index contributed by atoms with van der Waals surface area (Å²) < 4.78 is 41.7. The third-order valence-electron chi connectivity index (χ3n) is 7.71. The number of benzene rings is 5. The van der Waals surface area contributed by atoms with Crippen molar-refractivity contribution in [3.05, 3.63) is 157 Å². The molecule has 0 radical (unpaired) electrons. The van der Waals surface area contributed by atoms with E-state index in [0.29, 0.717) is 15.9 Å². The van der Waals surface area contributed by atoms with E-state index in [4.69, 9.17) is 8.71 Å². The second-order valence-electron chi connectivity index (χ2n) is 10.2. The number of rotatable bonds is 10. The molecule has 5 aromatic rings. The molecule has 42 heavy (non-hydrogen) atoms. The standard InChI is InChI=1S/C35H33O5PS/c1-28-23-25-33(26-24-28)42(37,38)40-41(30-17-9-4-10-18-30,31-19-11-5-12-20-31,32-21-13-6-14-22-32)34(35(36)39-2)27-29-15-7-3-8-16-29/h3-26,34H,27H2,1-2H3. The zero-order valence-electron chi connectivity index (χ0n) is 23.5. The molecule has 1 unspecified atom stereocenters. The Balaban J connectivity index is 2.00. The molecule has 0 aromatic heterocycles.